The van der Waals surface area contributed by atoms with Crippen LogP contribution in [-0.2, 0) is 4.79 Å². The Balaban J connectivity index is 0. The van der Waals surface area contributed by atoms with Crippen LogP contribution < -0.4 is 5.11 Å². The second-order valence-corrected chi connectivity index (χ2v) is 4.44. The van der Waals surface area contributed by atoms with Crippen molar-refractivity contribution >= 4 is 41.8 Å². The molecule has 0 aliphatic carbocycles. The maximum absolute atomic E-state index is 8.89. The summed E-state index contributed by atoms with van der Waals surface area (Å²) in [4.78, 5) is 8.89. The first kappa shape index (κ1) is 11.5. The molecule has 8 heavy (non-hydrogen) atoms. The van der Waals surface area contributed by atoms with Crippen LogP contribution in [-0.4, -0.2) is 41.8 Å². The summed E-state index contributed by atoms with van der Waals surface area (Å²) >= 11 is 1.43. The Morgan fingerprint density at radius 2 is 1.62 bits per heavy atom. The Morgan fingerprint density at radius 1 is 1.62 bits per heavy atom. The first-order valence-corrected chi connectivity index (χ1v) is 3.75. The number of carbonyl (C=O) groups excluding carboxylic acids is 1. The van der Waals surface area contributed by atoms with Gasteiger partial charge in [0.15, 0.2) is 0 Å². The molecule has 0 spiro atoms. The van der Waals surface area contributed by atoms with Gasteiger partial charge < -0.3 is 9.90 Å². The van der Waals surface area contributed by atoms with E-state index in [1.165, 1.54) is 35.8 Å². The quantitative estimate of drug-likeness (QED) is 0.437. The van der Waals surface area contributed by atoms with E-state index >= 15 is 0 Å². The topological polar surface area (TPSA) is 40.1 Å². The van der Waals surface area contributed by atoms with Gasteiger partial charge in [0.05, 0.1) is 0 Å². The van der Waals surface area contributed by atoms with Gasteiger partial charge in [-0.1, -0.05) is 0 Å². The zero-order chi connectivity index (χ0) is 7.15. The molecule has 0 saturated carbocycles. The first-order valence-electron chi connectivity index (χ1n) is 2.47. The second-order valence-electron chi connectivity index (χ2n) is 1.89. The first-order chi connectivity index (χ1) is 3.46. The van der Waals surface area contributed by atoms with E-state index in [2.05, 4.69) is 13.8 Å². The molecule has 0 radical (unpaired) electrons. The fourth-order valence-electron chi connectivity index (χ4n) is 0. The molecule has 0 unspecified atom stereocenters. The number of carbonyl (C=O) groups is 1. The molecule has 44 valence electrons. The van der Waals surface area contributed by atoms with E-state index in [1.54, 1.807) is 0 Å². The Kier molecular flexibility index (Phi) is 11.1. The fourth-order valence-corrected chi connectivity index (χ4v) is 0. The molecule has 0 amide bonds. The summed E-state index contributed by atoms with van der Waals surface area (Å²) in [5, 5.41) is 8.89. The summed E-state index contributed by atoms with van der Waals surface area (Å²) in [6.45, 7) is 5.42. The molecule has 0 atom stereocenters. The van der Waals surface area contributed by atoms with Crippen molar-refractivity contribution in [2.45, 2.75) is 22.8 Å². The minimum atomic E-state index is -1.08. The molecule has 0 aromatic carbocycles. The van der Waals surface area contributed by atoms with Gasteiger partial charge in [-0.15, -0.1) is 0 Å². The average Bonchev–Trinajstić information content (AvgIpc) is 1.25. The monoisotopic (exact) mass is 142 g/mol. The Bertz CT molecular complexity index is 54.7. The Hall–Kier alpha value is 0.730. The van der Waals surface area contributed by atoms with Gasteiger partial charge in [-0.25, -0.2) is 0 Å². The van der Waals surface area contributed by atoms with Gasteiger partial charge >= 0.3 is 51.7 Å². The van der Waals surface area contributed by atoms with Crippen LogP contribution in [0.2, 0.25) is 2.01 Å². The molecule has 0 heterocycles. The van der Waals surface area contributed by atoms with Crippen LogP contribution in [0.25, 0.3) is 0 Å². The molecule has 0 bridgehead atoms. The third-order valence-electron chi connectivity index (χ3n) is 0. The summed E-state index contributed by atoms with van der Waals surface area (Å²) in [5.41, 5.74) is 0. The molecule has 0 fully saturated rings. The summed E-state index contributed by atoms with van der Waals surface area (Å²) in [6, 6.07) is 0. The summed E-state index contributed by atoms with van der Waals surface area (Å²) in [5.74, 6) is -1.08. The van der Waals surface area contributed by atoms with Gasteiger partial charge in [0, 0.05) is 5.97 Å². The molecule has 0 saturated heterocycles. The summed E-state index contributed by atoms with van der Waals surface area (Å²) < 4.78 is 0.958. The molecule has 0 rings (SSSR count). The summed E-state index contributed by atoms with van der Waals surface area (Å²) in [6.07, 6.45) is 0. The molecule has 0 aliphatic heterocycles. The number of hydrogen-bond acceptors (Lipinski definition) is 2. The Morgan fingerprint density at radius 3 is 1.62 bits per heavy atom. The van der Waals surface area contributed by atoms with Crippen molar-refractivity contribution < 1.29 is 9.90 Å². The Labute approximate surface area is 73.9 Å². The van der Waals surface area contributed by atoms with Crippen molar-refractivity contribution in [3.8, 4) is 0 Å². The molecule has 2 nitrogen and oxygen atoms in total. The predicted octanol–water partition coefficient (Wildman–Crippen LogP) is -0.261. The maximum atomic E-state index is 8.89. The predicted molar refractivity (Wildman–Crippen MR) is 31.5 cm³/mol. The SMILES string of the molecule is CC(=O)[O-].C[CH](C)[Ca+]. The van der Waals surface area contributed by atoms with Crippen LogP contribution in [0.15, 0.2) is 0 Å². The van der Waals surface area contributed by atoms with Crippen molar-refractivity contribution in [2.24, 2.45) is 0 Å². The third-order valence-corrected chi connectivity index (χ3v) is 0. The van der Waals surface area contributed by atoms with Crippen LogP contribution in [0.3, 0.4) is 0 Å². The average molecular weight is 142 g/mol. The molecular weight excluding hydrogens is 132 g/mol. The van der Waals surface area contributed by atoms with Crippen molar-refractivity contribution in [2.75, 3.05) is 0 Å². The van der Waals surface area contributed by atoms with Gasteiger partial charge in [0.1, 0.15) is 0 Å². The molecule has 0 aromatic rings. The van der Waals surface area contributed by atoms with E-state index in [-0.39, 0.29) is 0 Å². The summed E-state index contributed by atoms with van der Waals surface area (Å²) in [7, 11) is 0. The van der Waals surface area contributed by atoms with E-state index < -0.39 is 5.97 Å². The second kappa shape index (κ2) is 7.73. The van der Waals surface area contributed by atoms with Crippen molar-refractivity contribution in [3.05, 3.63) is 0 Å². The molecule has 0 N–H and O–H groups in total. The molecule has 0 aliphatic rings. The van der Waals surface area contributed by atoms with Crippen molar-refractivity contribution in [1.82, 2.24) is 0 Å². The van der Waals surface area contributed by atoms with Gasteiger partial charge in [-0.05, 0) is 6.92 Å². The zero-order valence-corrected chi connectivity index (χ0v) is 7.81. The number of carboxylic acid groups (broad SMARTS) is 1. The number of aliphatic carboxylic acids is 1. The molecule has 0 aromatic heterocycles. The van der Waals surface area contributed by atoms with Crippen LogP contribution in [0.4, 0.5) is 0 Å². The van der Waals surface area contributed by atoms with E-state index in [4.69, 9.17) is 9.90 Å². The van der Waals surface area contributed by atoms with E-state index in [0.717, 1.165) is 8.94 Å². The molecule has 3 heteroatoms. The van der Waals surface area contributed by atoms with E-state index in [9.17, 15) is 0 Å². The van der Waals surface area contributed by atoms with Gasteiger partial charge in [0.2, 0.25) is 0 Å². The third kappa shape index (κ3) is 415. The van der Waals surface area contributed by atoms with Crippen molar-refractivity contribution in [3.63, 3.8) is 0 Å². The van der Waals surface area contributed by atoms with Crippen LogP contribution in [0, 0.1) is 0 Å². The van der Waals surface area contributed by atoms with E-state index in [1.807, 2.05) is 0 Å². The van der Waals surface area contributed by atoms with E-state index in [0.29, 0.717) is 0 Å². The fraction of sp³-hybridized carbons (Fsp3) is 0.800. The number of carboxylic acids is 1. The van der Waals surface area contributed by atoms with Gasteiger partial charge in [0.25, 0.3) is 0 Å². The number of rotatable bonds is 0. The van der Waals surface area contributed by atoms with Crippen molar-refractivity contribution in [1.29, 1.82) is 0 Å². The normalized spacial score (nSPS) is 7.75. The van der Waals surface area contributed by atoms with Crippen LogP contribution in [0.1, 0.15) is 20.8 Å². The van der Waals surface area contributed by atoms with Gasteiger partial charge in [-0.2, -0.15) is 0 Å². The molecular formula is C5H10CaO2. The minimum absolute atomic E-state index is 0.958. The van der Waals surface area contributed by atoms with Crippen LogP contribution >= 0.6 is 0 Å². The van der Waals surface area contributed by atoms with Gasteiger partial charge in [-0.3, -0.25) is 0 Å². The van der Waals surface area contributed by atoms with Crippen LogP contribution in [0.5, 0.6) is 0 Å². The number of hydrogen-bond donors (Lipinski definition) is 0. The standard InChI is InChI=1S/C3H7.C2H4O2.Ca/c1-3-2;1-2(3)4;/h3H,1-2H3;1H3,(H,3,4);/q;;+1/p-1. The zero-order valence-electron chi connectivity index (χ0n) is 5.60.